The Balaban J connectivity index is 0.00000280. The summed E-state index contributed by atoms with van der Waals surface area (Å²) in [5, 5.41) is 6.06. The standard InChI is InChI=1S/C22H28N2O3.ClH/c1-15(2)19-9-4-16(3)12-20(19)27-14-17-5-7-18(8-6-17)24-22(25)21-13-23-10-11-26-21;/h4-9,12,15,21,23H,10-11,13-14H2,1-3H3,(H,24,25);1H. The number of ether oxygens (including phenoxy) is 2. The van der Waals surface area contributed by atoms with Crippen LogP contribution in [0.15, 0.2) is 42.5 Å². The van der Waals surface area contributed by atoms with Gasteiger partial charge in [-0.3, -0.25) is 4.79 Å². The predicted molar refractivity (Wildman–Crippen MR) is 115 cm³/mol. The Kier molecular flexibility index (Phi) is 8.30. The van der Waals surface area contributed by atoms with Crippen molar-refractivity contribution >= 4 is 24.0 Å². The van der Waals surface area contributed by atoms with Crippen molar-refractivity contribution in [3.05, 3.63) is 59.2 Å². The zero-order chi connectivity index (χ0) is 19.2. The van der Waals surface area contributed by atoms with Gasteiger partial charge in [0.15, 0.2) is 0 Å². The van der Waals surface area contributed by atoms with E-state index in [1.807, 2.05) is 24.3 Å². The van der Waals surface area contributed by atoms with E-state index in [-0.39, 0.29) is 18.3 Å². The van der Waals surface area contributed by atoms with Crippen LogP contribution in [0.3, 0.4) is 0 Å². The topological polar surface area (TPSA) is 59.6 Å². The summed E-state index contributed by atoms with van der Waals surface area (Å²) in [7, 11) is 0. The van der Waals surface area contributed by atoms with Gasteiger partial charge in [-0.1, -0.05) is 38.1 Å². The lowest BCUT2D eigenvalue weighted by Crippen LogP contribution is -2.45. The predicted octanol–water partition coefficient (Wildman–Crippen LogP) is 4.05. The minimum Gasteiger partial charge on any atom is -0.489 e. The number of benzene rings is 2. The van der Waals surface area contributed by atoms with Crippen molar-refractivity contribution in [1.29, 1.82) is 0 Å². The summed E-state index contributed by atoms with van der Waals surface area (Å²) in [4.78, 5) is 12.2. The maximum Gasteiger partial charge on any atom is 0.254 e. The first-order valence-corrected chi connectivity index (χ1v) is 9.48. The van der Waals surface area contributed by atoms with Crippen LogP contribution >= 0.6 is 12.4 Å². The van der Waals surface area contributed by atoms with Gasteiger partial charge in [-0.2, -0.15) is 0 Å². The molecule has 1 fully saturated rings. The second-order valence-electron chi connectivity index (χ2n) is 7.23. The van der Waals surface area contributed by atoms with Gasteiger partial charge in [-0.05, 0) is 47.7 Å². The SMILES string of the molecule is Cc1ccc(C(C)C)c(OCc2ccc(NC(=O)C3CNCCO3)cc2)c1.Cl. The summed E-state index contributed by atoms with van der Waals surface area (Å²) in [6.45, 7) is 8.80. The molecule has 1 unspecified atom stereocenters. The van der Waals surface area contributed by atoms with Crippen molar-refractivity contribution in [2.75, 3.05) is 25.0 Å². The fraction of sp³-hybridized carbons (Fsp3) is 0.409. The number of rotatable bonds is 6. The molecule has 6 heteroatoms. The third-order valence-electron chi connectivity index (χ3n) is 4.63. The van der Waals surface area contributed by atoms with Crippen LogP contribution in [0.5, 0.6) is 5.75 Å². The van der Waals surface area contributed by atoms with E-state index in [2.05, 4.69) is 49.6 Å². The largest absolute Gasteiger partial charge is 0.489 e. The molecular formula is C22H29ClN2O3. The minimum absolute atomic E-state index is 0. The van der Waals surface area contributed by atoms with Crippen LogP contribution in [0, 0.1) is 6.92 Å². The molecule has 28 heavy (non-hydrogen) atoms. The molecule has 0 radical (unpaired) electrons. The van der Waals surface area contributed by atoms with Crippen LogP contribution < -0.4 is 15.4 Å². The number of carbonyl (C=O) groups excluding carboxylic acids is 1. The summed E-state index contributed by atoms with van der Waals surface area (Å²) < 4.78 is 11.5. The fourth-order valence-electron chi connectivity index (χ4n) is 3.05. The number of aryl methyl sites for hydroxylation is 1. The molecule has 2 aromatic carbocycles. The Morgan fingerprint density at radius 2 is 2.00 bits per heavy atom. The quantitative estimate of drug-likeness (QED) is 0.762. The highest BCUT2D eigenvalue weighted by molar-refractivity contribution is 5.94. The Bertz CT molecular complexity index is 772. The molecule has 5 nitrogen and oxygen atoms in total. The third kappa shape index (κ3) is 5.96. The summed E-state index contributed by atoms with van der Waals surface area (Å²) in [6, 6.07) is 14.1. The van der Waals surface area contributed by atoms with Gasteiger partial charge in [0, 0.05) is 18.8 Å². The van der Waals surface area contributed by atoms with Crippen molar-refractivity contribution in [2.45, 2.75) is 39.4 Å². The van der Waals surface area contributed by atoms with Gasteiger partial charge in [0.25, 0.3) is 5.91 Å². The van der Waals surface area contributed by atoms with Gasteiger partial charge < -0.3 is 20.1 Å². The Morgan fingerprint density at radius 3 is 2.64 bits per heavy atom. The lowest BCUT2D eigenvalue weighted by molar-refractivity contribution is -0.128. The summed E-state index contributed by atoms with van der Waals surface area (Å²) in [5.41, 5.74) is 4.22. The Hall–Kier alpha value is -2.08. The van der Waals surface area contributed by atoms with Crippen LogP contribution in [0.25, 0.3) is 0 Å². The van der Waals surface area contributed by atoms with Crippen LogP contribution in [-0.4, -0.2) is 31.7 Å². The van der Waals surface area contributed by atoms with Crippen molar-refractivity contribution < 1.29 is 14.3 Å². The average molecular weight is 405 g/mol. The van der Waals surface area contributed by atoms with E-state index in [1.54, 1.807) is 0 Å². The highest BCUT2D eigenvalue weighted by atomic mass is 35.5. The molecule has 1 aliphatic rings. The molecule has 1 saturated heterocycles. The number of halogens is 1. The molecule has 2 aromatic rings. The van der Waals surface area contributed by atoms with Gasteiger partial charge in [-0.25, -0.2) is 0 Å². The normalized spacial score (nSPS) is 16.4. The number of amides is 1. The van der Waals surface area contributed by atoms with Crippen molar-refractivity contribution in [3.8, 4) is 5.75 Å². The average Bonchev–Trinajstić information content (AvgIpc) is 2.68. The zero-order valence-corrected chi connectivity index (χ0v) is 17.5. The molecule has 152 valence electrons. The molecule has 3 rings (SSSR count). The Morgan fingerprint density at radius 1 is 1.25 bits per heavy atom. The van der Waals surface area contributed by atoms with Gasteiger partial charge in [0.1, 0.15) is 18.5 Å². The molecule has 1 atom stereocenters. The van der Waals surface area contributed by atoms with Crippen LogP contribution in [0.4, 0.5) is 5.69 Å². The maximum absolute atomic E-state index is 12.2. The molecule has 1 aliphatic heterocycles. The molecule has 0 spiro atoms. The summed E-state index contributed by atoms with van der Waals surface area (Å²) >= 11 is 0. The first kappa shape index (κ1) is 22.2. The van der Waals surface area contributed by atoms with Gasteiger partial charge in [0.05, 0.1) is 6.61 Å². The highest BCUT2D eigenvalue weighted by Gasteiger charge is 2.21. The van der Waals surface area contributed by atoms with E-state index in [4.69, 9.17) is 9.47 Å². The molecule has 1 amide bonds. The van der Waals surface area contributed by atoms with Gasteiger partial charge >= 0.3 is 0 Å². The second kappa shape index (κ2) is 10.5. The number of nitrogens with one attached hydrogen (secondary N) is 2. The van der Waals surface area contributed by atoms with E-state index < -0.39 is 6.10 Å². The summed E-state index contributed by atoms with van der Waals surface area (Å²) in [5.74, 6) is 1.23. The lowest BCUT2D eigenvalue weighted by Gasteiger charge is -2.22. The third-order valence-corrected chi connectivity index (χ3v) is 4.63. The molecule has 0 bridgehead atoms. The van der Waals surface area contributed by atoms with E-state index >= 15 is 0 Å². The second-order valence-corrected chi connectivity index (χ2v) is 7.23. The molecule has 0 aliphatic carbocycles. The van der Waals surface area contributed by atoms with Crippen LogP contribution in [0.2, 0.25) is 0 Å². The number of morpholine rings is 1. The molecule has 2 N–H and O–H groups in total. The molecule has 0 aromatic heterocycles. The summed E-state index contributed by atoms with van der Waals surface area (Å²) in [6.07, 6.45) is -0.433. The first-order chi connectivity index (χ1) is 13.0. The van der Waals surface area contributed by atoms with E-state index in [0.29, 0.717) is 25.7 Å². The van der Waals surface area contributed by atoms with Crippen molar-refractivity contribution in [2.24, 2.45) is 0 Å². The van der Waals surface area contributed by atoms with Gasteiger partial charge in [0.2, 0.25) is 0 Å². The number of hydrogen-bond acceptors (Lipinski definition) is 4. The number of anilines is 1. The van der Waals surface area contributed by atoms with E-state index in [9.17, 15) is 4.79 Å². The molecule has 1 heterocycles. The zero-order valence-electron chi connectivity index (χ0n) is 16.7. The molecular weight excluding hydrogens is 376 g/mol. The number of hydrogen-bond donors (Lipinski definition) is 2. The molecule has 0 saturated carbocycles. The highest BCUT2D eigenvalue weighted by Crippen LogP contribution is 2.28. The maximum atomic E-state index is 12.2. The minimum atomic E-state index is -0.433. The van der Waals surface area contributed by atoms with Crippen LogP contribution in [0.1, 0.15) is 36.5 Å². The van der Waals surface area contributed by atoms with Gasteiger partial charge in [-0.15, -0.1) is 12.4 Å². The Labute approximate surface area is 173 Å². The first-order valence-electron chi connectivity index (χ1n) is 9.48. The van der Waals surface area contributed by atoms with E-state index in [1.165, 1.54) is 11.1 Å². The van der Waals surface area contributed by atoms with Crippen molar-refractivity contribution in [1.82, 2.24) is 5.32 Å². The van der Waals surface area contributed by atoms with Crippen LogP contribution in [-0.2, 0) is 16.1 Å². The lowest BCUT2D eigenvalue weighted by atomic mass is 10.0. The van der Waals surface area contributed by atoms with Crippen molar-refractivity contribution in [3.63, 3.8) is 0 Å². The fourth-order valence-corrected chi connectivity index (χ4v) is 3.05. The smallest absolute Gasteiger partial charge is 0.254 e. The monoisotopic (exact) mass is 404 g/mol. The van der Waals surface area contributed by atoms with E-state index in [0.717, 1.165) is 23.5 Å². The number of carbonyl (C=O) groups is 1.